The molecule has 30 heavy (non-hydrogen) atoms. The number of rotatable bonds is 6. The summed E-state index contributed by atoms with van der Waals surface area (Å²) in [5.74, 6) is 0.124. The lowest BCUT2D eigenvalue weighted by Crippen LogP contribution is -2.52. The van der Waals surface area contributed by atoms with E-state index in [4.69, 9.17) is 5.73 Å². The van der Waals surface area contributed by atoms with Crippen molar-refractivity contribution in [3.63, 3.8) is 0 Å². The van der Waals surface area contributed by atoms with Crippen LogP contribution in [0.2, 0.25) is 0 Å². The SMILES string of the molecule is NC(CNCc1cccc2c1C(=O)N(C1CCC(=O)NC1=O)C2)C12CCC(CC1)C2. The second-order valence-electron chi connectivity index (χ2n) is 9.60. The predicted octanol–water partition coefficient (Wildman–Crippen LogP) is 1.44. The van der Waals surface area contributed by atoms with Crippen LogP contribution in [0.15, 0.2) is 18.2 Å². The van der Waals surface area contributed by atoms with Gasteiger partial charge in [-0.2, -0.15) is 0 Å². The summed E-state index contributed by atoms with van der Waals surface area (Å²) in [6.45, 7) is 1.76. The lowest BCUT2D eigenvalue weighted by atomic mass is 9.77. The minimum Gasteiger partial charge on any atom is -0.326 e. The van der Waals surface area contributed by atoms with Gasteiger partial charge in [0, 0.05) is 37.7 Å². The molecule has 1 saturated heterocycles. The molecule has 2 unspecified atom stereocenters. The molecule has 1 aromatic carbocycles. The van der Waals surface area contributed by atoms with Crippen molar-refractivity contribution in [1.29, 1.82) is 0 Å². The van der Waals surface area contributed by atoms with Gasteiger partial charge in [0.05, 0.1) is 0 Å². The highest BCUT2D eigenvalue weighted by molar-refractivity contribution is 6.05. The van der Waals surface area contributed by atoms with E-state index in [0.29, 0.717) is 30.5 Å². The topological polar surface area (TPSA) is 105 Å². The molecule has 2 aliphatic carbocycles. The molecule has 3 amide bonds. The fourth-order valence-electron chi connectivity index (χ4n) is 6.17. The third-order valence-corrected chi connectivity index (χ3v) is 7.90. The highest BCUT2D eigenvalue weighted by Crippen LogP contribution is 2.55. The molecular weight excluding hydrogens is 380 g/mol. The Morgan fingerprint density at radius 1 is 1.20 bits per heavy atom. The zero-order valence-electron chi connectivity index (χ0n) is 17.3. The molecule has 7 nitrogen and oxygen atoms in total. The Kier molecular flexibility index (Phi) is 4.90. The predicted molar refractivity (Wildman–Crippen MR) is 111 cm³/mol. The number of carbonyl (C=O) groups is 3. The van der Waals surface area contributed by atoms with Crippen molar-refractivity contribution in [3.05, 3.63) is 34.9 Å². The summed E-state index contributed by atoms with van der Waals surface area (Å²) in [6.07, 6.45) is 7.08. The highest BCUT2D eigenvalue weighted by atomic mass is 16.2. The number of imide groups is 1. The van der Waals surface area contributed by atoms with Crippen LogP contribution in [-0.4, -0.2) is 41.2 Å². The van der Waals surface area contributed by atoms with Crippen molar-refractivity contribution in [2.45, 2.75) is 70.1 Å². The Balaban J connectivity index is 1.25. The van der Waals surface area contributed by atoms with Crippen LogP contribution in [0.1, 0.15) is 66.4 Å². The Morgan fingerprint density at radius 3 is 2.70 bits per heavy atom. The first kappa shape index (κ1) is 19.7. The molecule has 0 spiro atoms. The third kappa shape index (κ3) is 3.24. The normalized spacial score (nSPS) is 31.2. The maximum atomic E-state index is 13.2. The number of fused-ring (bicyclic) bond motifs is 3. The Morgan fingerprint density at radius 2 is 2.00 bits per heavy atom. The summed E-state index contributed by atoms with van der Waals surface area (Å²) < 4.78 is 0. The molecule has 5 rings (SSSR count). The molecule has 1 aromatic rings. The van der Waals surface area contributed by atoms with E-state index >= 15 is 0 Å². The number of piperidine rings is 1. The number of nitrogens with one attached hydrogen (secondary N) is 2. The lowest BCUT2D eigenvalue weighted by Gasteiger charge is -2.33. The van der Waals surface area contributed by atoms with Crippen LogP contribution >= 0.6 is 0 Å². The summed E-state index contributed by atoms with van der Waals surface area (Å²) in [7, 11) is 0. The average molecular weight is 411 g/mol. The molecule has 0 aromatic heterocycles. The van der Waals surface area contributed by atoms with E-state index in [1.54, 1.807) is 4.90 Å². The van der Waals surface area contributed by atoms with Crippen molar-refractivity contribution in [2.24, 2.45) is 17.1 Å². The molecule has 4 aliphatic rings. The molecule has 0 radical (unpaired) electrons. The lowest BCUT2D eigenvalue weighted by molar-refractivity contribution is -0.136. The number of carbonyl (C=O) groups excluding carboxylic acids is 3. The number of benzene rings is 1. The van der Waals surface area contributed by atoms with Gasteiger partial charge in [0.1, 0.15) is 6.04 Å². The van der Waals surface area contributed by atoms with Crippen LogP contribution < -0.4 is 16.4 Å². The van der Waals surface area contributed by atoms with Crippen LogP contribution in [0.3, 0.4) is 0 Å². The standard InChI is InChI=1S/C23H30N4O3/c24-18(23-8-6-14(10-23)7-9-23)12-25-11-15-2-1-3-16-13-27(22(30)20(15)16)17-4-5-19(28)26-21(17)29/h1-3,14,17-18,25H,4-13,24H2,(H,26,28,29). The maximum absolute atomic E-state index is 13.2. The van der Waals surface area contributed by atoms with Crippen LogP contribution in [0.25, 0.3) is 0 Å². The van der Waals surface area contributed by atoms with E-state index in [2.05, 4.69) is 10.6 Å². The monoisotopic (exact) mass is 410 g/mol. The Bertz CT molecular complexity index is 890. The minimum atomic E-state index is -0.575. The molecule has 2 bridgehead atoms. The summed E-state index contributed by atoms with van der Waals surface area (Å²) in [5, 5.41) is 5.85. The van der Waals surface area contributed by atoms with E-state index in [9.17, 15) is 14.4 Å². The van der Waals surface area contributed by atoms with E-state index in [1.807, 2.05) is 18.2 Å². The molecule has 2 atom stereocenters. The second-order valence-corrected chi connectivity index (χ2v) is 9.60. The van der Waals surface area contributed by atoms with Gasteiger partial charge in [-0.1, -0.05) is 18.2 Å². The number of hydrogen-bond acceptors (Lipinski definition) is 5. The minimum absolute atomic E-state index is 0.116. The Hall–Kier alpha value is -2.25. The summed E-state index contributed by atoms with van der Waals surface area (Å²) in [5.41, 5.74) is 9.50. The summed E-state index contributed by atoms with van der Waals surface area (Å²) in [4.78, 5) is 38.5. The molecule has 2 heterocycles. The van der Waals surface area contributed by atoms with Gasteiger partial charge in [-0.25, -0.2) is 0 Å². The van der Waals surface area contributed by atoms with Gasteiger partial charge >= 0.3 is 0 Å². The van der Waals surface area contributed by atoms with Gasteiger partial charge in [0.25, 0.3) is 5.91 Å². The first-order chi connectivity index (χ1) is 14.5. The molecule has 7 heteroatoms. The Labute approximate surface area is 176 Å². The fourth-order valence-corrected chi connectivity index (χ4v) is 6.17. The van der Waals surface area contributed by atoms with Gasteiger partial charge in [-0.3, -0.25) is 19.7 Å². The van der Waals surface area contributed by atoms with E-state index in [1.165, 1.54) is 32.1 Å². The van der Waals surface area contributed by atoms with Gasteiger partial charge in [-0.05, 0) is 61.0 Å². The first-order valence-electron chi connectivity index (χ1n) is 11.2. The van der Waals surface area contributed by atoms with Crippen molar-refractivity contribution < 1.29 is 14.4 Å². The number of hydrogen-bond donors (Lipinski definition) is 3. The summed E-state index contributed by atoms with van der Waals surface area (Å²) >= 11 is 0. The van der Waals surface area contributed by atoms with Crippen molar-refractivity contribution in [3.8, 4) is 0 Å². The zero-order valence-corrected chi connectivity index (χ0v) is 17.3. The number of nitrogens with zero attached hydrogens (tertiary/aromatic N) is 1. The van der Waals surface area contributed by atoms with Crippen LogP contribution in [0, 0.1) is 11.3 Å². The summed E-state index contributed by atoms with van der Waals surface area (Å²) in [6, 6.07) is 5.47. The van der Waals surface area contributed by atoms with Gasteiger partial charge in [0.2, 0.25) is 11.8 Å². The van der Waals surface area contributed by atoms with Crippen LogP contribution in [-0.2, 0) is 22.7 Å². The third-order valence-electron chi connectivity index (χ3n) is 7.90. The van der Waals surface area contributed by atoms with Gasteiger partial charge < -0.3 is 16.0 Å². The van der Waals surface area contributed by atoms with Gasteiger partial charge in [-0.15, -0.1) is 0 Å². The quantitative estimate of drug-likeness (QED) is 0.616. The van der Waals surface area contributed by atoms with Crippen molar-refractivity contribution in [2.75, 3.05) is 6.54 Å². The largest absolute Gasteiger partial charge is 0.326 e. The highest BCUT2D eigenvalue weighted by Gasteiger charge is 2.48. The molecule has 2 saturated carbocycles. The van der Waals surface area contributed by atoms with E-state index in [0.717, 1.165) is 23.6 Å². The fraction of sp³-hybridized carbons (Fsp3) is 0.609. The van der Waals surface area contributed by atoms with Crippen molar-refractivity contribution in [1.82, 2.24) is 15.5 Å². The smallest absolute Gasteiger partial charge is 0.255 e. The average Bonchev–Trinajstić information content (AvgIpc) is 3.43. The van der Waals surface area contributed by atoms with E-state index in [-0.39, 0.29) is 30.2 Å². The molecular formula is C23H30N4O3. The van der Waals surface area contributed by atoms with E-state index < -0.39 is 6.04 Å². The maximum Gasteiger partial charge on any atom is 0.255 e. The van der Waals surface area contributed by atoms with Crippen LogP contribution in [0.4, 0.5) is 0 Å². The molecule has 3 fully saturated rings. The van der Waals surface area contributed by atoms with Gasteiger partial charge in [0.15, 0.2) is 0 Å². The molecule has 160 valence electrons. The number of amides is 3. The zero-order chi connectivity index (χ0) is 20.9. The molecule has 4 N–H and O–H groups in total. The first-order valence-corrected chi connectivity index (χ1v) is 11.2. The molecule has 2 aliphatic heterocycles. The van der Waals surface area contributed by atoms with Crippen molar-refractivity contribution >= 4 is 17.7 Å². The second kappa shape index (κ2) is 7.46. The van der Waals surface area contributed by atoms with Crippen LogP contribution in [0.5, 0.6) is 0 Å². The number of nitrogens with two attached hydrogens (primary N) is 1.